The summed E-state index contributed by atoms with van der Waals surface area (Å²) in [7, 11) is 0. The Kier molecular flexibility index (Phi) is 4.76. The molecule has 1 aromatic carbocycles. The number of nitrogens with zero attached hydrogens (tertiary/aromatic N) is 2. The van der Waals surface area contributed by atoms with Crippen molar-refractivity contribution in [2.75, 3.05) is 0 Å². The highest BCUT2D eigenvalue weighted by molar-refractivity contribution is 7.21. The molecule has 19 heavy (non-hydrogen) atoms. The fraction of sp³-hybridized carbons (Fsp3) is 0.143. The van der Waals surface area contributed by atoms with Gasteiger partial charge in [0.05, 0.1) is 15.3 Å². The standard InChI is InChI=1S/C14H12ClN2S.HI/c1-2-17-8-4-5-10(9-17)14-16-13-11(15)6-3-7-12(13)18-14;/h3-9H,2H2,1H3;1H/q+1;/p-1. The third-order valence-corrected chi connectivity index (χ3v) is 4.21. The zero-order valence-corrected chi connectivity index (χ0v) is 14.0. The van der Waals surface area contributed by atoms with Gasteiger partial charge in [-0.05, 0) is 25.1 Å². The molecule has 2 heterocycles. The Labute approximate surface area is 138 Å². The molecule has 0 N–H and O–H groups in total. The molecule has 0 radical (unpaired) electrons. The Morgan fingerprint density at radius 2 is 2.11 bits per heavy atom. The van der Waals surface area contributed by atoms with Gasteiger partial charge < -0.3 is 24.0 Å². The van der Waals surface area contributed by atoms with Crippen molar-refractivity contribution in [2.24, 2.45) is 0 Å². The van der Waals surface area contributed by atoms with Crippen molar-refractivity contribution in [3.8, 4) is 10.6 Å². The number of rotatable bonds is 2. The lowest BCUT2D eigenvalue weighted by Gasteiger charge is -1.94. The lowest BCUT2D eigenvalue weighted by atomic mass is 10.3. The number of thiazole rings is 1. The van der Waals surface area contributed by atoms with Gasteiger partial charge in [-0.2, -0.15) is 0 Å². The monoisotopic (exact) mass is 402 g/mol. The molecule has 0 amide bonds. The van der Waals surface area contributed by atoms with Crippen LogP contribution in [0.4, 0.5) is 0 Å². The largest absolute Gasteiger partial charge is 1.00 e. The van der Waals surface area contributed by atoms with Crippen LogP contribution in [0.1, 0.15) is 6.92 Å². The van der Waals surface area contributed by atoms with Gasteiger partial charge in [-0.1, -0.05) is 17.7 Å². The predicted octanol–water partition coefficient (Wildman–Crippen LogP) is 0.928. The second-order valence-electron chi connectivity index (χ2n) is 4.03. The smallest absolute Gasteiger partial charge is 0.179 e. The summed E-state index contributed by atoms with van der Waals surface area (Å²) in [5, 5.41) is 1.73. The van der Waals surface area contributed by atoms with Gasteiger partial charge in [-0.15, -0.1) is 11.3 Å². The van der Waals surface area contributed by atoms with Crippen LogP contribution in [0.5, 0.6) is 0 Å². The molecular formula is C14H12ClIN2S. The van der Waals surface area contributed by atoms with Crippen molar-refractivity contribution < 1.29 is 28.5 Å². The molecule has 3 rings (SSSR count). The van der Waals surface area contributed by atoms with E-state index in [1.165, 1.54) is 0 Å². The van der Waals surface area contributed by atoms with Gasteiger partial charge in [0.15, 0.2) is 12.4 Å². The molecule has 0 unspecified atom stereocenters. The van der Waals surface area contributed by atoms with E-state index in [9.17, 15) is 0 Å². The predicted molar refractivity (Wildman–Crippen MR) is 75.9 cm³/mol. The maximum Gasteiger partial charge on any atom is 0.179 e. The first-order valence-electron chi connectivity index (χ1n) is 5.82. The van der Waals surface area contributed by atoms with Crippen molar-refractivity contribution in [2.45, 2.75) is 13.5 Å². The highest BCUT2D eigenvalue weighted by atomic mass is 127. The van der Waals surface area contributed by atoms with Gasteiger partial charge in [0.25, 0.3) is 0 Å². The molecule has 0 fully saturated rings. The number of hydrogen-bond donors (Lipinski definition) is 0. The van der Waals surface area contributed by atoms with Crippen molar-refractivity contribution in [3.63, 3.8) is 0 Å². The van der Waals surface area contributed by atoms with Crippen LogP contribution in [0, 0.1) is 0 Å². The minimum absolute atomic E-state index is 0. The first kappa shape index (κ1) is 14.7. The molecule has 3 aromatic rings. The van der Waals surface area contributed by atoms with Gasteiger partial charge in [0, 0.05) is 6.07 Å². The molecule has 5 heteroatoms. The Balaban J connectivity index is 0.00000133. The van der Waals surface area contributed by atoms with E-state index < -0.39 is 0 Å². The van der Waals surface area contributed by atoms with E-state index in [0.717, 1.165) is 27.3 Å². The van der Waals surface area contributed by atoms with Crippen LogP contribution in [0.2, 0.25) is 5.02 Å². The second kappa shape index (κ2) is 6.15. The molecule has 0 aliphatic heterocycles. The zero-order valence-electron chi connectivity index (χ0n) is 10.3. The molecule has 0 saturated heterocycles. The summed E-state index contributed by atoms with van der Waals surface area (Å²) in [6, 6.07) is 10.0. The van der Waals surface area contributed by atoms with Crippen LogP contribution < -0.4 is 28.5 Å². The van der Waals surface area contributed by atoms with Crippen molar-refractivity contribution >= 4 is 33.2 Å². The summed E-state index contributed by atoms with van der Waals surface area (Å²) < 4.78 is 3.27. The zero-order chi connectivity index (χ0) is 12.5. The average Bonchev–Trinajstić information content (AvgIpc) is 2.84. The highest BCUT2D eigenvalue weighted by Crippen LogP contribution is 2.32. The summed E-state index contributed by atoms with van der Waals surface area (Å²) in [6.07, 6.45) is 4.18. The van der Waals surface area contributed by atoms with E-state index in [2.05, 4.69) is 41.0 Å². The first-order valence-corrected chi connectivity index (χ1v) is 7.02. The topological polar surface area (TPSA) is 16.8 Å². The van der Waals surface area contributed by atoms with Crippen LogP contribution in [0.25, 0.3) is 20.8 Å². The lowest BCUT2D eigenvalue weighted by molar-refractivity contribution is -0.693. The van der Waals surface area contributed by atoms with Crippen LogP contribution in [0.3, 0.4) is 0 Å². The Morgan fingerprint density at radius 3 is 2.84 bits per heavy atom. The Hall–Kier alpha value is -0.720. The molecule has 0 atom stereocenters. The molecule has 0 spiro atoms. The van der Waals surface area contributed by atoms with E-state index in [1.54, 1.807) is 11.3 Å². The molecular weight excluding hydrogens is 391 g/mol. The number of fused-ring (bicyclic) bond motifs is 1. The van der Waals surface area contributed by atoms with Crippen LogP contribution >= 0.6 is 22.9 Å². The van der Waals surface area contributed by atoms with Crippen molar-refractivity contribution in [1.29, 1.82) is 0 Å². The van der Waals surface area contributed by atoms with Gasteiger partial charge in [-0.25, -0.2) is 9.55 Å². The third-order valence-electron chi connectivity index (χ3n) is 2.84. The number of hydrogen-bond acceptors (Lipinski definition) is 2. The SMILES string of the molecule is CC[n+]1cccc(-c2nc3c(Cl)cccc3s2)c1.[I-]. The maximum atomic E-state index is 6.16. The highest BCUT2D eigenvalue weighted by Gasteiger charge is 2.11. The number of halogens is 2. The number of pyridine rings is 1. The molecule has 0 aliphatic rings. The van der Waals surface area contributed by atoms with E-state index in [4.69, 9.17) is 11.6 Å². The molecule has 2 aromatic heterocycles. The summed E-state index contributed by atoms with van der Waals surface area (Å²) in [5.74, 6) is 0. The number of para-hydroxylation sites is 1. The summed E-state index contributed by atoms with van der Waals surface area (Å²) >= 11 is 7.83. The fourth-order valence-corrected chi connectivity index (χ4v) is 3.14. The number of aryl methyl sites for hydroxylation is 1. The van der Waals surface area contributed by atoms with E-state index >= 15 is 0 Å². The van der Waals surface area contributed by atoms with Gasteiger partial charge in [0.1, 0.15) is 17.1 Å². The van der Waals surface area contributed by atoms with Gasteiger partial charge in [0.2, 0.25) is 0 Å². The van der Waals surface area contributed by atoms with Crippen LogP contribution in [-0.4, -0.2) is 4.98 Å². The summed E-state index contributed by atoms with van der Waals surface area (Å²) in [4.78, 5) is 4.63. The van der Waals surface area contributed by atoms with E-state index in [1.807, 2.05) is 18.2 Å². The van der Waals surface area contributed by atoms with Crippen molar-refractivity contribution in [1.82, 2.24) is 4.98 Å². The average molecular weight is 403 g/mol. The molecule has 0 aliphatic carbocycles. The van der Waals surface area contributed by atoms with Gasteiger partial charge >= 0.3 is 0 Å². The quantitative estimate of drug-likeness (QED) is 0.460. The molecule has 0 bridgehead atoms. The molecule has 0 saturated carbocycles. The molecule has 98 valence electrons. The van der Waals surface area contributed by atoms with E-state index in [-0.39, 0.29) is 24.0 Å². The summed E-state index contributed by atoms with van der Waals surface area (Å²) in [5.41, 5.74) is 2.03. The number of benzene rings is 1. The fourth-order valence-electron chi connectivity index (χ4n) is 1.88. The third kappa shape index (κ3) is 2.90. The number of aromatic nitrogens is 2. The minimum Gasteiger partial charge on any atom is -1.00 e. The van der Waals surface area contributed by atoms with Crippen molar-refractivity contribution in [3.05, 3.63) is 47.7 Å². The van der Waals surface area contributed by atoms with Crippen LogP contribution in [0.15, 0.2) is 42.7 Å². The van der Waals surface area contributed by atoms with Crippen LogP contribution in [-0.2, 0) is 6.54 Å². The molecule has 2 nitrogen and oxygen atoms in total. The maximum absolute atomic E-state index is 6.16. The van der Waals surface area contributed by atoms with Gasteiger partial charge in [-0.3, -0.25) is 0 Å². The Bertz CT molecular complexity index is 711. The van der Waals surface area contributed by atoms with E-state index in [0.29, 0.717) is 5.02 Å². The first-order chi connectivity index (χ1) is 8.78. The summed E-state index contributed by atoms with van der Waals surface area (Å²) in [6.45, 7) is 3.08. The second-order valence-corrected chi connectivity index (χ2v) is 5.47. The Morgan fingerprint density at radius 1 is 1.26 bits per heavy atom. The minimum atomic E-state index is 0. The lowest BCUT2D eigenvalue weighted by Crippen LogP contribution is -3.00. The normalized spacial score (nSPS) is 10.4.